The van der Waals surface area contributed by atoms with Crippen LogP contribution in [0.5, 0.6) is 0 Å². The molecule has 0 saturated carbocycles. The van der Waals surface area contributed by atoms with E-state index in [9.17, 15) is 4.79 Å². The Morgan fingerprint density at radius 3 is 1.62 bits per heavy atom. The van der Waals surface area contributed by atoms with E-state index in [1.807, 2.05) is 0 Å². The van der Waals surface area contributed by atoms with Crippen LogP contribution in [0.15, 0.2) is 0 Å². The van der Waals surface area contributed by atoms with Crippen molar-refractivity contribution in [3.05, 3.63) is 0 Å². The first-order chi connectivity index (χ1) is 10.3. The Morgan fingerprint density at radius 1 is 0.762 bits per heavy atom. The third-order valence-corrected chi connectivity index (χ3v) is 3.63. The highest BCUT2D eigenvalue weighted by Crippen LogP contribution is 2.12. The number of esters is 1. The summed E-state index contributed by atoms with van der Waals surface area (Å²) in [5.41, 5.74) is 0. The maximum atomic E-state index is 11.2. The molecule has 0 saturated heterocycles. The summed E-state index contributed by atoms with van der Waals surface area (Å²) in [6.07, 6.45) is 15.0. The van der Waals surface area contributed by atoms with E-state index in [0.717, 1.165) is 19.3 Å². The van der Waals surface area contributed by atoms with Gasteiger partial charge in [-0.2, -0.15) is 0 Å². The highest BCUT2D eigenvalue weighted by atomic mass is 16.7. The quantitative estimate of drug-likeness (QED) is 0.264. The van der Waals surface area contributed by atoms with Crippen molar-refractivity contribution >= 4 is 5.97 Å². The molecule has 0 amide bonds. The normalized spacial score (nSPS) is 10.8. The molecule has 0 radical (unpaired) electrons. The summed E-state index contributed by atoms with van der Waals surface area (Å²) in [6.45, 7) is 0.406. The fourth-order valence-electron chi connectivity index (χ4n) is 2.35. The van der Waals surface area contributed by atoms with E-state index < -0.39 is 0 Å². The van der Waals surface area contributed by atoms with E-state index in [-0.39, 0.29) is 12.8 Å². The molecule has 0 spiro atoms. The van der Waals surface area contributed by atoms with Gasteiger partial charge >= 0.3 is 5.97 Å². The van der Waals surface area contributed by atoms with Gasteiger partial charge in [0.1, 0.15) is 0 Å². The summed E-state index contributed by atoms with van der Waals surface area (Å²) in [4.78, 5) is 11.2. The van der Waals surface area contributed by atoms with Gasteiger partial charge in [0.2, 0.25) is 0 Å². The summed E-state index contributed by atoms with van der Waals surface area (Å²) in [7, 11) is 1.52. The molecular formula is C17H34O4. The lowest BCUT2D eigenvalue weighted by Gasteiger charge is -2.04. The average molecular weight is 302 g/mol. The smallest absolute Gasteiger partial charge is 0.307 e. The predicted molar refractivity (Wildman–Crippen MR) is 85.1 cm³/mol. The summed E-state index contributed by atoms with van der Waals surface area (Å²) < 4.78 is 9.50. The summed E-state index contributed by atoms with van der Waals surface area (Å²) in [6, 6.07) is 0. The third-order valence-electron chi connectivity index (χ3n) is 3.63. The zero-order valence-electron chi connectivity index (χ0n) is 13.8. The Morgan fingerprint density at radius 2 is 1.19 bits per heavy atom. The number of carbonyl (C=O) groups excluding carboxylic acids is 1. The molecule has 0 fully saturated rings. The Bertz CT molecular complexity index is 219. The molecule has 21 heavy (non-hydrogen) atoms. The van der Waals surface area contributed by atoms with E-state index in [0.29, 0.717) is 13.0 Å². The van der Waals surface area contributed by atoms with Crippen LogP contribution < -0.4 is 0 Å². The molecule has 0 aliphatic heterocycles. The van der Waals surface area contributed by atoms with Crippen LogP contribution in [-0.2, 0) is 14.3 Å². The minimum Gasteiger partial charge on any atom is -0.438 e. The number of rotatable bonds is 16. The highest BCUT2D eigenvalue weighted by molar-refractivity contribution is 5.69. The van der Waals surface area contributed by atoms with Gasteiger partial charge in [-0.3, -0.25) is 4.79 Å². The first kappa shape index (κ1) is 20.4. The van der Waals surface area contributed by atoms with Crippen LogP contribution >= 0.6 is 0 Å². The van der Waals surface area contributed by atoms with Crippen LogP contribution in [0.2, 0.25) is 0 Å². The Hall–Kier alpha value is -0.610. The molecule has 0 aliphatic rings. The van der Waals surface area contributed by atoms with Gasteiger partial charge in [-0.15, -0.1) is 0 Å². The van der Waals surface area contributed by atoms with Crippen LogP contribution in [0.4, 0.5) is 0 Å². The third kappa shape index (κ3) is 17.3. The first-order valence-electron chi connectivity index (χ1n) is 8.56. The minimum atomic E-state index is -0.155. The van der Waals surface area contributed by atoms with Crippen LogP contribution in [0.3, 0.4) is 0 Å². The van der Waals surface area contributed by atoms with Gasteiger partial charge in [0, 0.05) is 20.1 Å². The monoisotopic (exact) mass is 302 g/mol. The maximum Gasteiger partial charge on any atom is 0.307 e. The molecule has 4 nitrogen and oxygen atoms in total. The van der Waals surface area contributed by atoms with Crippen molar-refractivity contribution in [2.75, 3.05) is 20.5 Å². The number of unbranched alkanes of at least 4 members (excludes halogenated alkanes) is 11. The van der Waals surface area contributed by atoms with Crippen molar-refractivity contribution in [3.63, 3.8) is 0 Å². The average Bonchev–Trinajstić information content (AvgIpc) is 2.49. The van der Waals surface area contributed by atoms with Crippen molar-refractivity contribution in [2.45, 2.75) is 83.5 Å². The second-order valence-corrected chi connectivity index (χ2v) is 5.64. The largest absolute Gasteiger partial charge is 0.438 e. The first-order valence-corrected chi connectivity index (χ1v) is 8.56. The topological polar surface area (TPSA) is 55.8 Å². The van der Waals surface area contributed by atoms with Crippen LogP contribution in [0.1, 0.15) is 83.5 Å². The molecule has 0 bridgehead atoms. The molecule has 0 atom stereocenters. The lowest BCUT2D eigenvalue weighted by Crippen LogP contribution is -2.06. The van der Waals surface area contributed by atoms with Gasteiger partial charge in [0.25, 0.3) is 0 Å². The molecule has 0 aromatic heterocycles. The molecule has 0 heterocycles. The number of carbonyl (C=O) groups is 1. The molecular weight excluding hydrogens is 268 g/mol. The maximum absolute atomic E-state index is 11.2. The number of aliphatic hydroxyl groups excluding tert-OH is 1. The Labute approximate surface area is 130 Å². The van der Waals surface area contributed by atoms with E-state index in [1.165, 1.54) is 64.9 Å². The fraction of sp³-hybridized carbons (Fsp3) is 0.941. The van der Waals surface area contributed by atoms with E-state index in [1.54, 1.807) is 0 Å². The van der Waals surface area contributed by atoms with Gasteiger partial charge in [-0.25, -0.2) is 0 Å². The Balaban J connectivity index is 3.04. The number of hydrogen-bond acceptors (Lipinski definition) is 4. The number of methoxy groups -OCH3 is 1. The van der Waals surface area contributed by atoms with E-state index >= 15 is 0 Å². The SMILES string of the molecule is COCOC(=O)CCCCCCCCCCCCCCO. The van der Waals surface area contributed by atoms with Crippen LogP contribution in [0.25, 0.3) is 0 Å². The fourth-order valence-corrected chi connectivity index (χ4v) is 2.35. The molecule has 0 aliphatic carbocycles. The Kier molecular flexibility index (Phi) is 16.9. The predicted octanol–water partition coefficient (Wildman–Crippen LogP) is 4.20. The molecule has 0 unspecified atom stereocenters. The molecule has 4 heteroatoms. The number of ether oxygens (including phenoxy) is 2. The van der Waals surface area contributed by atoms with Gasteiger partial charge in [0.05, 0.1) is 0 Å². The van der Waals surface area contributed by atoms with E-state index in [4.69, 9.17) is 9.84 Å². The van der Waals surface area contributed by atoms with Gasteiger partial charge in [-0.05, 0) is 12.8 Å². The lowest BCUT2D eigenvalue weighted by molar-refractivity contribution is -0.154. The van der Waals surface area contributed by atoms with Crippen LogP contribution in [0, 0.1) is 0 Å². The van der Waals surface area contributed by atoms with Crippen LogP contribution in [-0.4, -0.2) is 31.6 Å². The highest BCUT2D eigenvalue weighted by Gasteiger charge is 2.01. The van der Waals surface area contributed by atoms with Crippen molar-refractivity contribution in [1.82, 2.24) is 0 Å². The molecule has 0 aromatic rings. The van der Waals surface area contributed by atoms with Crippen molar-refractivity contribution < 1.29 is 19.4 Å². The minimum absolute atomic E-state index is 0.0683. The summed E-state index contributed by atoms with van der Waals surface area (Å²) >= 11 is 0. The van der Waals surface area contributed by atoms with Crippen molar-refractivity contribution in [1.29, 1.82) is 0 Å². The van der Waals surface area contributed by atoms with Gasteiger partial charge in [0.15, 0.2) is 6.79 Å². The second kappa shape index (κ2) is 17.4. The second-order valence-electron chi connectivity index (χ2n) is 5.64. The molecule has 1 N–H and O–H groups in total. The zero-order valence-corrected chi connectivity index (χ0v) is 13.8. The van der Waals surface area contributed by atoms with Crippen molar-refractivity contribution in [3.8, 4) is 0 Å². The van der Waals surface area contributed by atoms with Gasteiger partial charge < -0.3 is 14.6 Å². The molecule has 126 valence electrons. The van der Waals surface area contributed by atoms with Crippen molar-refractivity contribution in [2.24, 2.45) is 0 Å². The summed E-state index contributed by atoms with van der Waals surface area (Å²) in [5, 5.41) is 8.66. The lowest BCUT2D eigenvalue weighted by atomic mass is 10.0. The van der Waals surface area contributed by atoms with Gasteiger partial charge in [-0.1, -0.05) is 64.2 Å². The summed E-state index contributed by atoms with van der Waals surface area (Å²) in [5.74, 6) is -0.155. The molecule has 0 aromatic carbocycles. The number of hydrogen-bond donors (Lipinski definition) is 1. The standard InChI is InChI=1S/C17H34O4/c1-20-16-21-17(19)14-12-10-8-6-4-2-3-5-7-9-11-13-15-18/h18H,2-16H2,1H3. The molecule has 0 rings (SSSR count). The zero-order chi connectivity index (χ0) is 15.6. The number of aliphatic hydroxyl groups is 1. The van der Waals surface area contributed by atoms with E-state index in [2.05, 4.69) is 4.74 Å².